The lowest BCUT2D eigenvalue weighted by Gasteiger charge is -2.31. The van der Waals surface area contributed by atoms with E-state index in [1.54, 1.807) is 0 Å². The Hall–Kier alpha value is -3.12. The van der Waals surface area contributed by atoms with Gasteiger partial charge in [-0.3, -0.25) is 4.31 Å². The third kappa shape index (κ3) is 5.13. The van der Waals surface area contributed by atoms with Crippen molar-refractivity contribution in [3.8, 4) is 22.6 Å². The largest absolute Gasteiger partial charge is 0.489 e. The van der Waals surface area contributed by atoms with Gasteiger partial charge < -0.3 is 9.47 Å². The van der Waals surface area contributed by atoms with Crippen LogP contribution in [0.4, 0.5) is 32.0 Å². The summed E-state index contributed by atoms with van der Waals surface area (Å²) in [4.78, 5) is -0.602. The highest BCUT2D eigenvalue weighted by Crippen LogP contribution is 2.43. The second kappa shape index (κ2) is 9.15. The first-order valence-electron chi connectivity index (χ1n) is 9.78. The van der Waals surface area contributed by atoms with Crippen LogP contribution in [-0.2, 0) is 16.2 Å². The van der Waals surface area contributed by atoms with Gasteiger partial charge in [0, 0.05) is 17.7 Å². The van der Waals surface area contributed by atoms with Gasteiger partial charge in [-0.05, 0) is 42.0 Å². The van der Waals surface area contributed by atoms with Crippen molar-refractivity contribution in [1.29, 1.82) is 0 Å². The number of ether oxygens (including phenoxy) is 2. The maximum atomic E-state index is 14.1. The second-order valence-electron chi connectivity index (χ2n) is 7.31. The molecule has 4 rings (SSSR count). The highest BCUT2D eigenvalue weighted by atomic mass is 35.5. The number of benzene rings is 3. The number of rotatable bonds is 5. The fourth-order valence-corrected chi connectivity index (χ4v) is 5.29. The van der Waals surface area contributed by atoms with E-state index in [9.17, 15) is 34.8 Å². The normalized spacial score (nSPS) is 14.0. The zero-order valence-electron chi connectivity index (χ0n) is 17.3. The fourth-order valence-electron chi connectivity index (χ4n) is 3.53. The summed E-state index contributed by atoms with van der Waals surface area (Å²) in [7, 11) is -4.49. The molecule has 186 valence electrons. The zero-order valence-corrected chi connectivity index (χ0v) is 18.9. The Morgan fingerprint density at radius 3 is 2.49 bits per heavy atom. The Balaban J connectivity index is 1.82. The molecule has 3 aromatic carbocycles. The Morgan fingerprint density at radius 1 is 1.06 bits per heavy atom. The quantitative estimate of drug-likeness (QED) is 0.356. The summed E-state index contributed by atoms with van der Waals surface area (Å²) < 4.78 is 116. The average molecular weight is 538 g/mol. The molecule has 0 amide bonds. The summed E-state index contributed by atoms with van der Waals surface area (Å²) in [5.74, 6) is -1.40. The van der Waals surface area contributed by atoms with Crippen molar-refractivity contribution in [2.75, 3.05) is 17.5 Å². The van der Waals surface area contributed by atoms with Gasteiger partial charge in [-0.1, -0.05) is 17.7 Å². The van der Waals surface area contributed by atoms with E-state index >= 15 is 0 Å². The average Bonchev–Trinajstić information content (AvgIpc) is 2.76. The molecule has 1 heterocycles. The van der Waals surface area contributed by atoms with Crippen LogP contribution in [0, 0.1) is 5.82 Å². The maximum Gasteiger partial charge on any atom is 0.416 e. The minimum Gasteiger partial charge on any atom is -0.489 e. The SMILES string of the molecule is O=S(=O)(c1cccc(C(F)(F)F)c1)N1CCOc2cc(Cl)c(-c3cc(F)cc(OC(F)F)c3)cc21. The first-order valence-corrected chi connectivity index (χ1v) is 11.6. The van der Waals surface area contributed by atoms with E-state index in [4.69, 9.17) is 16.3 Å². The predicted octanol–water partition coefficient (Wildman–Crippen LogP) is 6.35. The summed E-state index contributed by atoms with van der Waals surface area (Å²) in [6.45, 7) is -3.58. The molecule has 35 heavy (non-hydrogen) atoms. The minimum atomic E-state index is -4.76. The number of alkyl halides is 5. The molecule has 3 aromatic rings. The Morgan fingerprint density at radius 2 is 1.80 bits per heavy atom. The van der Waals surface area contributed by atoms with Crippen molar-refractivity contribution < 1.29 is 44.2 Å². The molecule has 0 unspecified atom stereocenters. The fraction of sp³-hybridized carbons (Fsp3) is 0.182. The topological polar surface area (TPSA) is 55.8 Å². The van der Waals surface area contributed by atoms with Gasteiger partial charge in [-0.15, -0.1) is 0 Å². The molecular formula is C22H14ClF6NO4S. The van der Waals surface area contributed by atoms with Crippen molar-refractivity contribution in [3.63, 3.8) is 0 Å². The van der Waals surface area contributed by atoms with Gasteiger partial charge in [0.05, 0.1) is 27.7 Å². The smallest absolute Gasteiger partial charge is 0.416 e. The number of halogens is 7. The van der Waals surface area contributed by atoms with Gasteiger partial charge in [-0.25, -0.2) is 12.8 Å². The lowest BCUT2D eigenvalue weighted by Crippen LogP contribution is -2.38. The van der Waals surface area contributed by atoms with E-state index in [2.05, 4.69) is 4.74 Å². The second-order valence-corrected chi connectivity index (χ2v) is 9.57. The molecule has 1 aliphatic heterocycles. The molecule has 13 heteroatoms. The van der Waals surface area contributed by atoms with Gasteiger partial charge in [0.25, 0.3) is 10.0 Å². The van der Waals surface area contributed by atoms with Crippen LogP contribution in [0.15, 0.2) is 59.5 Å². The highest BCUT2D eigenvalue weighted by Gasteiger charge is 2.35. The number of sulfonamides is 1. The van der Waals surface area contributed by atoms with Crippen LogP contribution >= 0.6 is 11.6 Å². The number of hydrogen-bond acceptors (Lipinski definition) is 4. The van der Waals surface area contributed by atoms with Crippen molar-refractivity contribution in [2.24, 2.45) is 0 Å². The minimum absolute atomic E-state index is 0.00422. The lowest BCUT2D eigenvalue weighted by molar-refractivity contribution is -0.137. The van der Waals surface area contributed by atoms with Crippen LogP contribution in [0.25, 0.3) is 11.1 Å². The lowest BCUT2D eigenvalue weighted by atomic mass is 10.0. The molecule has 0 bridgehead atoms. The summed E-state index contributed by atoms with van der Waals surface area (Å²) >= 11 is 6.27. The summed E-state index contributed by atoms with van der Waals surface area (Å²) in [5, 5.41) is -0.0179. The van der Waals surface area contributed by atoms with Gasteiger partial charge in [0.1, 0.15) is 23.9 Å². The summed E-state index contributed by atoms with van der Waals surface area (Å²) in [6, 6.07) is 8.52. The van der Waals surface area contributed by atoms with E-state index in [0.29, 0.717) is 6.07 Å². The van der Waals surface area contributed by atoms with E-state index in [-0.39, 0.29) is 40.7 Å². The number of hydrogen-bond donors (Lipinski definition) is 0. The van der Waals surface area contributed by atoms with Crippen LogP contribution in [0.3, 0.4) is 0 Å². The third-order valence-electron chi connectivity index (χ3n) is 5.03. The molecule has 1 aliphatic rings. The standard InChI is InChI=1S/C22H14ClF6NO4S/c23-18-11-20-19(10-17(18)12-6-14(24)9-15(7-12)34-21(25)26)30(4-5-33-20)35(31,32)16-3-1-2-13(8-16)22(27,28)29/h1-3,6-11,21H,4-5H2. The Labute approximate surface area is 200 Å². The van der Waals surface area contributed by atoms with Crippen molar-refractivity contribution in [1.82, 2.24) is 0 Å². The Bertz CT molecular complexity index is 1380. The molecule has 0 atom stereocenters. The molecule has 0 aliphatic carbocycles. The Kier molecular flexibility index (Phi) is 6.54. The van der Waals surface area contributed by atoms with Crippen molar-refractivity contribution in [3.05, 3.63) is 71.0 Å². The molecule has 0 spiro atoms. The molecule has 0 saturated heterocycles. The number of nitrogens with zero attached hydrogens (tertiary/aromatic N) is 1. The number of anilines is 1. The molecule has 0 N–H and O–H groups in total. The van der Waals surface area contributed by atoms with Gasteiger partial charge in [-0.2, -0.15) is 22.0 Å². The molecule has 0 saturated carbocycles. The molecule has 0 radical (unpaired) electrons. The van der Waals surface area contributed by atoms with Crippen LogP contribution in [0.2, 0.25) is 5.02 Å². The van der Waals surface area contributed by atoms with E-state index < -0.39 is 44.8 Å². The van der Waals surface area contributed by atoms with Crippen molar-refractivity contribution in [2.45, 2.75) is 17.7 Å². The predicted molar refractivity (Wildman–Crippen MR) is 115 cm³/mol. The van der Waals surface area contributed by atoms with Gasteiger partial charge in [0.15, 0.2) is 0 Å². The van der Waals surface area contributed by atoms with Crippen molar-refractivity contribution >= 4 is 27.3 Å². The first kappa shape index (κ1) is 25.0. The van der Waals surface area contributed by atoms with Gasteiger partial charge >= 0.3 is 12.8 Å². The van der Waals surface area contributed by atoms with Crippen LogP contribution < -0.4 is 13.8 Å². The van der Waals surface area contributed by atoms with E-state index in [1.807, 2.05) is 0 Å². The summed E-state index contributed by atoms with van der Waals surface area (Å²) in [6.07, 6.45) is -4.76. The van der Waals surface area contributed by atoms with E-state index in [0.717, 1.165) is 40.7 Å². The van der Waals surface area contributed by atoms with Crippen LogP contribution in [-0.4, -0.2) is 28.2 Å². The first-order chi connectivity index (χ1) is 16.4. The third-order valence-corrected chi connectivity index (χ3v) is 7.15. The molecule has 5 nitrogen and oxygen atoms in total. The molecule has 0 aromatic heterocycles. The number of fused-ring (bicyclic) bond motifs is 1. The van der Waals surface area contributed by atoms with Gasteiger partial charge in [0.2, 0.25) is 0 Å². The monoisotopic (exact) mass is 537 g/mol. The van der Waals surface area contributed by atoms with Crippen LogP contribution in [0.5, 0.6) is 11.5 Å². The van der Waals surface area contributed by atoms with E-state index in [1.165, 1.54) is 12.1 Å². The molecule has 0 fully saturated rings. The molecular weight excluding hydrogens is 524 g/mol. The highest BCUT2D eigenvalue weighted by molar-refractivity contribution is 7.92. The zero-order chi connectivity index (χ0) is 25.5. The van der Waals surface area contributed by atoms with Crippen LogP contribution in [0.1, 0.15) is 5.56 Å². The maximum absolute atomic E-state index is 14.1. The summed E-state index contributed by atoms with van der Waals surface area (Å²) in [5.41, 5.74) is -1.17.